The van der Waals surface area contributed by atoms with Gasteiger partial charge < -0.3 is 15.2 Å². The quantitative estimate of drug-likeness (QED) is 0.882. The average molecular weight is 298 g/mol. The first-order valence-electron chi connectivity index (χ1n) is 9.13. The van der Waals surface area contributed by atoms with Gasteiger partial charge in [-0.3, -0.25) is 0 Å². The van der Waals surface area contributed by atoms with Crippen LogP contribution < -0.4 is 10.2 Å². The molecule has 2 aliphatic carbocycles. The molecule has 1 saturated heterocycles. The molecule has 0 aromatic carbocycles. The summed E-state index contributed by atoms with van der Waals surface area (Å²) < 4.78 is 0. The van der Waals surface area contributed by atoms with Gasteiger partial charge in [-0.15, -0.1) is 0 Å². The van der Waals surface area contributed by atoms with Gasteiger partial charge in [0, 0.05) is 31.1 Å². The normalized spacial score (nSPS) is 36.8. The number of nitrogens with one attached hydrogen (secondary N) is 2. The Kier molecular flexibility index (Phi) is 3.07. The van der Waals surface area contributed by atoms with Crippen LogP contribution in [0.15, 0.2) is 12.3 Å². The molecular weight excluding hydrogens is 272 g/mol. The summed E-state index contributed by atoms with van der Waals surface area (Å²) in [4.78, 5) is 11.2. The number of aromatic nitrogens is 2. The fraction of sp³-hybridized carbons (Fsp3) is 0.722. The standard InChI is InChI=1S/C18H26N4/c1-3-14(11-19-7-1)22-8-2-4-16-18(22)21-17(20-16)15-10-12-5-6-13(15)9-12/h2,8,12-15,19H,1,3-7,9-11H2,(H,20,21)/t12?,13?,14-,15?/m0/s1. The summed E-state index contributed by atoms with van der Waals surface area (Å²) in [7, 11) is 0. The summed E-state index contributed by atoms with van der Waals surface area (Å²) in [5.41, 5.74) is 1.34. The van der Waals surface area contributed by atoms with Gasteiger partial charge >= 0.3 is 0 Å². The van der Waals surface area contributed by atoms with E-state index in [1.165, 1.54) is 55.9 Å². The van der Waals surface area contributed by atoms with E-state index in [9.17, 15) is 0 Å². The molecule has 4 heteroatoms. The maximum absolute atomic E-state index is 5.10. The van der Waals surface area contributed by atoms with E-state index in [2.05, 4.69) is 27.5 Å². The van der Waals surface area contributed by atoms with Gasteiger partial charge in [0.1, 0.15) is 5.82 Å². The first-order chi connectivity index (χ1) is 10.9. The Labute approximate surface area is 132 Å². The highest BCUT2D eigenvalue weighted by atomic mass is 15.3. The molecule has 0 amide bonds. The number of allylic oxidation sites excluding steroid dienone is 1. The smallest absolute Gasteiger partial charge is 0.154 e. The lowest BCUT2D eigenvalue weighted by atomic mass is 9.88. The van der Waals surface area contributed by atoms with Gasteiger partial charge in [0.05, 0.1) is 5.69 Å². The van der Waals surface area contributed by atoms with E-state index < -0.39 is 0 Å². The van der Waals surface area contributed by atoms with Crippen LogP contribution in [0.2, 0.25) is 0 Å². The van der Waals surface area contributed by atoms with Crippen molar-refractivity contribution in [2.75, 3.05) is 18.0 Å². The van der Waals surface area contributed by atoms with Crippen LogP contribution in [0, 0.1) is 11.8 Å². The van der Waals surface area contributed by atoms with E-state index in [-0.39, 0.29) is 0 Å². The van der Waals surface area contributed by atoms with Crippen molar-refractivity contribution in [3.63, 3.8) is 0 Å². The SMILES string of the molecule is C1=CN([C@H]2CCCNC2)c2nc(C3CC4CCC3C4)[nH]c2C1. The van der Waals surface area contributed by atoms with Crippen LogP contribution in [0.25, 0.3) is 0 Å². The fourth-order valence-electron chi connectivity index (χ4n) is 5.25. The summed E-state index contributed by atoms with van der Waals surface area (Å²) in [6.07, 6.45) is 13.8. The fourth-order valence-corrected chi connectivity index (χ4v) is 5.25. The molecular formula is C18H26N4. The minimum atomic E-state index is 0.570. The maximum Gasteiger partial charge on any atom is 0.154 e. The van der Waals surface area contributed by atoms with E-state index in [0.29, 0.717) is 12.0 Å². The monoisotopic (exact) mass is 298 g/mol. The van der Waals surface area contributed by atoms with E-state index >= 15 is 0 Å². The van der Waals surface area contributed by atoms with Crippen LogP contribution in [0.3, 0.4) is 0 Å². The van der Waals surface area contributed by atoms with Crippen LogP contribution in [0.5, 0.6) is 0 Å². The molecule has 2 bridgehead atoms. The minimum Gasteiger partial charge on any atom is -0.344 e. The molecule has 2 saturated carbocycles. The molecule has 2 N–H and O–H groups in total. The van der Waals surface area contributed by atoms with E-state index in [4.69, 9.17) is 4.98 Å². The summed E-state index contributed by atoms with van der Waals surface area (Å²) in [5, 5.41) is 3.53. The van der Waals surface area contributed by atoms with Crippen LogP contribution in [-0.4, -0.2) is 29.1 Å². The second-order valence-electron chi connectivity index (χ2n) is 7.70. The molecule has 3 heterocycles. The zero-order valence-electron chi connectivity index (χ0n) is 13.2. The number of nitrogens with zero attached hydrogens (tertiary/aromatic N) is 2. The van der Waals surface area contributed by atoms with Crippen LogP contribution in [0.4, 0.5) is 5.82 Å². The summed E-state index contributed by atoms with van der Waals surface area (Å²) >= 11 is 0. The highest BCUT2D eigenvalue weighted by Crippen LogP contribution is 2.52. The van der Waals surface area contributed by atoms with Gasteiger partial charge in [-0.1, -0.05) is 12.5 Å². The van der Waals surface area contributed by atoms with Crippen LogP contribution in [0.1, 0.15) is 56.0 Å². The molecule has 4 atom stereocenters. The molecule has 1 aromatic heterocycles. The van der Waals surface area contributed by atoms with Gasteiger partial charge in [0.15, 0.2) is 5.82 Å². The van der Waals surface area contributed by atoms with Crippen molar-refractivity contribution in [3.8, 4) is 0 Å². The van der Waals surface area contributed by atoms with Gasteiger partial charge in [0.25, 0.3) is 0 Å². The van der Waals surface area contributed by atoms with Crippen molar-refractivity contribution >= 4 is 5.82 Å². The van der Waals surface area contributed by atoms with Crippen molar-refractivity contribution < 1.29 is 0 Å². The average Bonchev–Trinajstić information content (AvgIpc) is 3.29. The number of fused-ring (bicyclic) bond motifs is 3. The van der Waals surface area contributed by atoms with Crippen molar-refractivity contribution in [2.45, 2.75) is 56.9 Å². The number of hydrogen-bond acceptors (Lipinski definition) is 3. The molecule has 5 rings (SSSR count). The van der Waals surface area contributed by atoms with E-state index in [1.807, 2.05) is 0 Å². The molecule has 4 nitrogen and oxygen atoms in total. The Hall–Kier alpha value is -1.29. The predicted octanol–water partition coefficient (Wildman–Crippen LogP) is 2.94. The molecule has 4 aliphatic rings. The van der Waals surface area contributed by atoms with Gasteiger partial charge in [-0.25, -0.2) is 4.98 Å². The molecule has 0 spiro atoms. The van der Waals surface area contributed by atoms with E-state index in [0.717, 1.165) is 31.3 Å². The van der Waals surface area contributed by atoms with E-state index in [1.54, 1.807) is 0 Å². The van der Waals surface area contributed by atoms with Gasteiger partial charge in [0.2, 0.25) is 0 Å². The molecule has 3 fully saturated rings. The first kappa shape index (κ1) is 13.2. The molecule has 118 valence electrons. The number of hydrogen-bond donors (Lipinski definition) is 2. The number of H-pyrrole nitrogens is 1. The Bertz CT molecular complexity index is 584. The zero-order chi connectivity index (χ0) is 14.5. The lowest BCUT2D eigenvalue weighted by Crippen LogP contribution is -2.44. The van der Waals surface area contributed by atoms with Crippen LogP contribution in [-0.2, 0) is 6.42 Å². The van der Waals surface area contributed by atoms with Crippen molar-refractivity contribution in [3.05, 3.63) is 23.8 Å². The minimum absolute atomic E-state index is 0.570. The topological polar surface area (TPSA) is 44.0 Å². The van der Waals surface area contributed by atoms with Crippen LogP contribution >= 0.6 is 0 Å². The summed E-state index contributed by atoms with van der Waals surface area (Å²) in [5.74, 6) is 5.09. The van der Waals surface area contributed by atoms with Crippen molar-refractivity contribution in [1.82, 2.24) is 15.3 Å². The Morgan fingerprint density at radius 1 is 1.18 bits per heavy atom. The lowest BCUT2D eigenvalue weighted by molar-refractivity contribution is 0.407. The first-order valence-corrected chi connectivity index (χ1v) is 9.13. The molecule has 3 unspecified atom stereocenters. The second-order valence-corrected chi connectivity index (χ2v) is 7.70. The van der Waals surface area contributed by atoms with Gasteiger partial charge in [-0.05, 0) is 50.5 Å². The number of anilines is 1. The Balaban J connectivity index is 1.43. The lowest BCUT2D eigenvalue weighted by Gasteiger charge is -2.34. The summed E-state index contributed by atoms with van der Waals surface area (Å²) in [6, 6.07) is 0.570. The predicted molar refractivity (Wildman–Crippen MR) is 88.0 cm³/mol. The maximum atomic E-state index is 5.10. The largest absolute Gasteiger partial charge is 0.344 e. The number of piperidine rings is 1. The Morgan fingerprint density at radius 2 is 2.18 bits per heavy atom. The van der Waals surface area contributed by atoms with Crippen molar-refractivity contribution in [2.24, 2.45) is 11.8 Å². The third-order valence-corrected chi connectivity index (χ3v) is 6.36. The molecule has 22 heavy (non-hydrogen) atoms. The highest BCUT2D eigenvalue weighted by molar-refractivity contribution is 5.53. The number of aromatic amines is 1. The third kappa shape index (κ3) is 2.03. The highest BCUT2D eigenvalue weighted by Gasteiger charge is 2.42. The molecule has 2 aliphatic heterocycles. The third-order valence-electron chi connectivity index (χ3n) is 6.36. The van der Waals surface area contributed by atoms with Crippen molar-refractivity contribution in [1.29, 1.82) is 0 Å². The van der Waals surface area contributed by atoms with Gasteiger partial charge in [-0.2, -0.15) is 0 Å². The molecule has 0 radical (unpaired) electrons. The number of rotatable bonds is 2. The second kappa shape index (κ2) is 5.12. The number of imidazole rings is 1. The molecule has 1 aromatic rings. The zero-order valence-corrected chi connectivity index (χ0v) is 13.2. The summed E-state index contributed by atoms with van der Waals surface area (Å²) in [6.45, 7) is 2.25. The Morgan fingerprint density at radius 3 is 2.95 bits per heavy atom.